The van der Waals surface area contributed by atoms with Gasteiger partial charge in [-0.25, -0.2) is 0 Å². The van der Waals surface area contributed by atoms with Crippen LogP contribution < -0.4 is 0 Å². The van der Waals surface area contributed by atoms with E-state index in [0.717, 1.165) is 44.9 Å². The molecule has 2 saturated carbocycles. The molecule has 24 heavy (non-hydrogen) atoms. The molecule has 6 atom stereocenters. The Bertz CT molecular complexity index is 540. The largest absolute Gasteiger partial charge is 0.369 e. The van der Waals surface area contributed by atoms with Gasteiger partial charge in [-0.2, -0.15) is 5.26 Å². The third-order valence-corrected chi connectivity index (χ3v) is 6.81. The summed E-state index contributed by atoms with van der Waals surface area (Å²) in [7, 11) is 0. The number of rotatable bonds is 2. The first kappa shape index (κ1) is 15.6. The number of nitriles is 1. The number of nitrogens with zero attached hydrogens (tertiary/aromatic N) is 1. The van der Waals surface area contributed by atoms with Crippen molar-refractivity contribution in [3.63, 3.8) is 0 Å². The van der Waals surface area contributed by atoms with Gasteiger partial charge in [0.1, 0.15) is 6.10 Å². The molecule has 5 fully saturated rings. The normalized spacial score (nSPS) is 48.7. The average Bonchev–Trinajstić information content (AvgIpc) is 3.09. The monoisotopic (exact) mass is 333 g/mol. The van der Waals surface area contributed by atoms with E-state index in [4.69, 9.17) is 24.2 Å². The summed E-state index contributed by atoms with van der Waals surface area (Å²) in [5.41, 5.74) is -0.201. The van der Waals surface area contributed by atoms with Gasteiger partial charge in [0.05, 0.1) is 36.1 Å². The molecule has 5 heteroatoms. The van der Waals surface area contributed by atoms with E-state index in [9.17, 15) is 0 Å². The Morgan fingerprint density at radius 2 is 1.79 bits per heavy atom. The van der Waals surface area contributed by atoms with Gasteiger partial charge in [0, 0.05) is 32.1 Å². The zero-order chi connectivity index (χ0) is 16.2. The lowest BCUT2D eigenvalue weighted by Gasteiger charge is -2.44. The molecule has 3 aliphatic heterocycles. The van der Waals surface area contributed by atoms with Crippen molar-refractivity contribution in [2.75, 3.05) is 0 Å². The highest BCUT2D eigenvalue weighted by molar-refractivity contribution is 5.12. The van der Waals surface area contributed by atoms with Crippen LogP contribution in [-0.2, 0) is 18.9 Å². The molecular weight excluding hydrogens is 306 g/mol. The maximum Gasteiger partial charge on any atom is 0.169 e. The zero-order valence-corrected chi connectivity index (χ0v) is 14.2. The molecule has 0 amide bonds. The third-order valence-electron chi connectivity index (χ3n) is 6.81. The molecule has 3 saturated heterocycles. The Balaban J connectivity index is 1.33. The molecule has 0 N–H and O–H groups in total. The fourth-order valence-electron chi connectivity index (χ4n) is 5.76. The van der Waals surface area contributed by atoms with Crippen molar-refractivity contribution in [2.24, 2.45) is 0 Å². The van der Waals surface area contributed by atoms with Gasteiger partial charge in [-0.3, -0.25) is 0 Å². The van der Waals surface area contributed by atoms with Crippen molar-refractivity contribution in [1.29, 1.82) is 5.26 Å². The van der Waals surface area contributed by atoms with Crippen molar-refractivity contribution in [2.45, 2.75) is 113 Å². The van der Waals surface area contributed by atoms with Crippen LogP contribution in [0.5, 0.6) is 0 Å². The molecule has 0 radical (unpaired) electrons. The van der Waals surface area contributed by atoms with E-state index in [-0.39, 0.29) is 41.9 Å². The molecule has 2 bridgehead atoms. The van der Waals surface area contributed by atoms with Crippen molar-refractivity contribution in [3.05, 3.63) is 0 Å². The van der Waals surface area contributed by atoms with Gasteiger partial charge in [-0.1, -0.05) is 6.42 Å². The van der Waals surface area contributed by atoms with Crippen molar-refractivity contribution < 1.29 is 18.9 Å². The molecule has 132 valence electrons. The smallest absolute Gasteiger partial charge is 0.169 e. The summed E-state index contributed by atoms with van der Waals surface area (Å²) >= 11 is 0. The quantitative estimate of drug-likeness (QED) is 0.776. The fraction of sp³-hybridized carbons (Fsp3) is 0.947. The molecule has 2 unspecified atom stereocenters. The molecule has 5 rings (SSSR count). The van der Waals surface area contributed by atoms with Crippen molar-refractivity contribution >= 4 is 0 Å². The maximum absolute atomic E-state index is 8.86. The second-order valence-corrected chi connectivity index (χ2v) is 8.36. The molecule has 3 heterocycles. The molecule has 0 aromatic carbocycles. The van der Waals surface area contributed by atoms with Gasteiger partial charge in [0.2, 0.25) is 0 Å². The minimum Gasteiger partial charge on any atom is -0.369 e. The fourth-order valence-corrected chi connectivity index (χ4v) is 5.76. The van der Waals surface area contributed by atoms with E-state index in [1.54, 1.807) is 0 Å². The lowest BCUT2D eigenvalue weighted by Crippen LogP contribution is -2.53. The Kier molecular flexibility index (Phi) is 3.68. The van der Waals surface area contributed by atoms with E-state index >= 15 is 0 Å². The van der Waals surface area contributed by atoms with Crippen LogP contribution in [0.25, 0.3) is 0 Å². The second-order valence-electron chi connectivity index (χ2n) is 8.36. The van der Waals surface area contributed by atoms with E-state index in [1.165, 1.54) is 19.3 Å². The predicted molar refractivity (Wildman–Crippen MR) is 85.1 cm³/mol. The maximum atomic E-state index is 8.86. The van der Waals surface area contributed by atoms with E-state index < -0.39 is 0 Å². The molecule has 0 aromatic rings. The van der Waals surface area contributed by atoms with Crippen LogP contribution in [-0.4, -0.2) is 41.9 Å². The van der Waals surface area contributed by atoms with Gasteiger partial charge in [0.15, 0.2) is 5.79 Å². The van der Waals surface area contributed by atoms with E-state index in [1.807, 2.05) is 0 Å². The van der Waals surface area contributed by atoms with E-state index in [2.05, 4.69) is 6.07 Å². The summed E-state index contributed by atoms with van der Waals surface area (Å²) in [6, 6.07) is 2.25. The molecule has 2 aliphatic carbocycles. The predicted octanol–water partition coefficient (Wildman–Crippen LogP) is 3.21. The number of fused-ring (bicyclic) bond motifs is 3. The Morgan fingerprint density at radius 1 is 0.958 bits per heavy atom. The van der Waals surface area contributed by atoms with E-state index in [0.29, 0.717) is 6.42 Å². The molecular formula is C19H27NO4. The highest BCUT2D eigenvalue weighted by Crippen LogP contribution is 2.55. The van der Waals surface area contributed by atoms with Crippen LogP contribution in [0.3, 0.4) is 0 Å². The summed E-state index contributed by atoms with van der Waals surface area (Å²) in [4.78, 5) is 0. The van der Waals surface area contributed by atoms with Gasteiger partial charge in [-0.15, -0.1) is 0 Å². The van der Waals surface area contributed by atoms with Crippen LogP contribution in [0.15, 0.2) is 0 Å². The summed E-state index contributed by atoms with van der Waals surface area (Å²) in [5, 5.41) is 8.86. The first-order chi connectivity index (χ1) is 11.7. The van der Waals surface area contributed by atoms with Crippen molar-refractivity contribution in [3.8, 4) is 6.07 Å². The van der Waals surface area contributed by atoms with Crippen LogP contribution in [0.4, 0.5) is 0 Å². The van der Waals surface area contributed by atoms with Gasteiger partial charge < -0.3 is 18.9 Å². The standard InChI is InChI=1S/C19H27NO4/c20-10-4-5-13-6-7-16-18(22-13)11-14(21-16)17-15(12-18)23-19(24-17)8-2-1-3-9-19/h13-17H,1-9,11-12H2/t13?,14-,15-,16+,17?,18-/m1/s1. The number of ether oxygens (including phenoxy) is 4. The minimum atomic E-state index is -0.345. The van der Waals surface area contributed by atoms with Crippen LogP contribution in [0.1, 0.15) is 70.6 Å². The first-order valence-electron chi connectivity index (χ1n) is 9.78. The summed E-state index contributed by atoms with van der Waals surface area (Å²) in [5.74, 6) is -0.345. The first-order valence-corrected chi connectivity index (χ1v) is 9.78. The summed E-state index contributed by atoms with van der Waals surface area (Å²) < 4.78 is 25.9. The van der Waals surface area contributed by atoms with Gasteiger partial charge in [0.25, 0.3) is 0 Å². The molecule has 2 spiro atoms. The molecule has 0 aromatic heterocycles. The minimum absolute atomic E-state index is 0.0838. The lowest BCUT2D eigenvalue weighted by atomic mass is 9.76. The Hall–Kier alpha value is -0.670. The second kappa shape index (κ2) is 5.67. The van der Waals surface area contributed by atoms with Gasteiger partial charge >= 0.3 is 0 Å². The average molecular weight is 333 g/mol. The topological polar surface area (TPSA) is 60.7 Å². The van der Waals surface area contributed by atoms with Crippen molar-refractivity contribution in [1.82, 2.24) is 0 Å². The van der Waals surface area contributed by atoms with Crippen LogP contribution in [0, 0.1) is 11.3 Å². The summed E-state index contributed by atoms with van der Waals surface area (Å²) in [6.45, 7) is 0. The highest BCUT2D eigenvalue weighted by Gasteiger charge is 2.65. The van der Waals surface area contributed by atoms with Gasteiger partial charge in [-0.05, 0) is 32.1 Å². The zero-order valence-electron chi connectivity index (χ0n) is 14.2. The third kappa shape index (κ3) is 2.34. The SMILES string of the molecule is N#CCCC1CC[C@@H]2O[C@@H]3C[C@]2(C[C@H]2OC4(CCCCC4)OC32)O1. The molecule has 5 nitrogen and oxygen atoms in total. The number of hydrogen-bond acceptors (Lipinski definition) is 5. The lowest BCUT2D eigenvalue weighted by molar-refractivity contribution is -0.215. The Morgan fingerprint density at radius 3 is 2.62 bits per heavy atom. The Labute approximate surface area is 143 Å². The van der Waals surface area contributed by atoms with Crippen LogP contribution in [0.2, 0.25) is 0 Å². The molecule has 5 aliphatic rings. The summed E-state index contributed by atoms with van der Waals surface area (Å²) in [6.07, 6.45) is 11.7. The number of hydrogen-bond donors (Lipinski definition) is 0. The highest BCUT2D eigenvalue weighted by atomic mass is 16.8. The van der Waals surface area contributed by atoms with Crippen LogP contribution >= 0.6 is 0 Å².